The molecular formula is C25H21FN6O4. The maximum Gasteiger partial charge on any atom is 0.252 e. The van der Waals surface area contributed by atoms with Crippen molar-refractivity contribution in [3.63, 3.8) is 0 Å². The first-order valence-corrected chi connectivity index (χ1v) is 11.3. The van der Waals surface area contributed by atoms with Crippen LogP contribution in [0.15, 0.2) is 70.1 Å². The average Bonchev–Trinajstić information content (AvgIpc) is 3.63. The highest BCUT2D eigenvalue weighted by molar-refractivity contribution is 5.83. The van der Waals surface area contributed by atoms with Gasteiger partial charge in [0.25, 0.3) is 5.56 Å². The van der Waals surface area contributed by atoms with E-state index in [9.17, 15) is 9.18 Å². The lowest BCUT2D eigenvalue weighted by atomic mass is 10.1. The zero-order valence-corrected chi connectivity index (χ0v) is 19.1. The molecule has 0 spiro atoms. The fraction of sp³-hybridized carbons (Fsp3) is 0.200. The number of nitrogens with zero attached hydrogens (tertiary/aromatic N) is 5. The van der Waals surface area contributed by atoms with E-state index in [0.717, 1.165) is 16.7 Å². The van der Waals surface area contributed by atoms with Crippen molar-refractivity contribution in [1.29, 1.82) is 0 Å². The van der Waals surface area contributed by atoms with Crippen molar-refractivity contribution < 1.29 is 18.3 Å². The molecule has 0 bridgehead atoms. The molecule has 1 N–H and O–H groups in total. The number of aromatic amines is 1. The van der Waals surface area contributed by atoms with Crippen molar-refractivity contribution in [3.8, 4) is 11.5 Å². The molecule has 0 fully saturated rings. The normalized spacial score (nSPS) is 12.6. The molecule has 6 rings (SSSR count). The number of rotatable bonds is 8. The first kappa shape index (κ1) is 22.0. The van der Waals surface area contributed by atoms with Crippen LogP contribution >= 0.6 is 0 Å². The number of pyridine rings is 1. The number of hydrogen-bond donors (Lipinski definition) is 1. The van der Waals surface area contributed by atoms with Crippen molar-refractivity contribution >= 4 is 10.9 Å². The predicted molar refractivity (Wildman–Crippen MR) is 126 cm³/mol. The van der Waals surface area contributed by atoms with E-state index in [2.05, 4.69) is 20.5 Å². The number of fused-ring (bicyclic) bond motifs is 2. The van der Waals surface area contributed by atoms with Gasteiger partial charge in [-0.25, -0.2) is 9.07 Å². The van der Waals surface area contributed by atoms with Gasteiger partial charge in [0, 0.05) is 30.1 Å². The standard InChI is InChI=1S/C25H21FN6O4/c26-19-5-3-16(4-6-19)11-31(14-24-28-29-30-32(24)13-20-2-1-7-34-20)12-18-8-17-9-22-23(36-15-35-22)10-21(17)27-25(18)33/h1-10H,11-15H2,(H,27,33). The number of halogens is 1. The quantitative estimate of drug-likeness (QED) is 0.354. The van der Waals surface area contributed by atoms with E-state index in [1.54, 1.807) is 35.2 Å². The van der Waals surface area contributed by atoms with Crippen molar-refractivity contribution in [1.82, 2.24) is 30.1 Å². The summed E-state index contributed by atoms with van der Waals surface area (Å²) in [6.07, 6.45) is 1.60. The summed E-state index contributed by atoms with van der Waals surface area (Å²) < 4.78 is 31.5. The average molecular weight is 488 g/mol. The molecule has 2 aromatic carbocycles. The number of hydrogen-bond acceptors (Lipinski definition) is 8. The molecule has 182 valence electrons. The maximum atomic E-state index is 13.5. The first-order valence-electron chi connectivity index (χ1n) is 11.3. The highest BCUT2D eigenvalue weighted by atomic mass is 19.1. The zero-order valence-electron chi connectivity index (χ0n) is 19.1. The van der Waals surface area contributed by atoms with E-state index in [1.165, 1.54) is 12.1 Å². The van der Waals surface area contributed by atoms with Gasteiger partial charge in [-0.3, -0.25) is 9.69 Å². The molecular weight excluding hydrogens is 467 g/mol. The number of furan rings is 1. The van der Waals surface area contributed by atoms with Crippen LogP contribution in [0.1, 0.15) is 22.7 Å². The largest absolute Gasteiger partial charge is 0.467 e. The van der Waals surface area contributed by atoms with Gasteiger partial charge >= 0.3 is 0 Å². The molecule has 4 heterocycles. The second kappa shape index (κ2) is 9.27. The van der Waals surface area contributed by atoms with Gasteiger partial charge in [0.2, 0.25) is 6.79 Å². The summed E-state index contributed by atoms with van der Waals surface area (Å²) in [5.41, 5.74) is 1.91. The van der Waals surface area contributed by atoms with Crippen molar-refractivity contribution in [3.05, 3.63) is 99.7 Å². The van der Waals surface area contributed by atoms with E-state index in [-0.39, 0.29) is 18.2 Å². The van der Waals surface area contributed by atoms with Crippen LogP contribution in [0.2, 0.25) is 0 Å². The van der Waals surface area contributed by atoms with Crippen molar-refractivity contribution in [2.45, 2.75) is 26.2 Å². The summed E-state index contributed by atoms with van der Waals surface area (Å²) in [7, 11) is 0. The molecule has 11 heteroatoms. The molecule has 0 saturated carbocycles. The van der Waals surface area contributed by atoms with E-state index in [1.807, 2.05) is 23.1 Å². The minimum Gasteiger partial charge on any atom is -0.467 e. The van der Waals surface area contributed by atoms with Gasteiger partial charge in [0.1, 0.15) is 18.1 Å². The molecule has 0 radical (unpaired) electrons. The van der Waals surface area contributed by atoms with Crippen LogP contribution in [0.25, 0.3) is 10.9 Å². The summed E-state index contributed by atoms with van der Waals surface area (Å²) >= 11 is 0. The van der Waals surface area contributed by atoms with Gasteiger partial charge < -0.3 is 18.9 Å². The molecule has 0 atom stereocenters. The van der Waals surface area contributed by atoms with Crippen LogP contribution in [-0.4, -0.2) is 36.9 Å². The number of aromatic nitrogens is 5. The van der Waals surface area contributed by atoms with Gasteiger partial charge in [-0.05, 0) is 52.4 Å². The Balaban J connectivity index is 1.31. The Hall–Kier alpha value is -4.51. The predicted octanol–water partition coefficient (Wildman–Crippen LogP) is 3.23. The second-order valence-electron chi connectivity index (χ2n) is 8.52. The molecule has 3 aromatic heterocycles. The van der Waals surface area contributed by atoms with Gasteiger partial charge in [-0.15, -0.1) is 5.10 Å². The summed E-state index contributed by atoms with van der Waals surface area (Å²) in [6, 6.07) is 15.4. The molecule has 5 aromatic rings. The van der Waals surface area contributed by atoms with Crippen LogP contribution in [0, 0.1) is 5.82 Å². The molecule has 1 aliphatic heterocycles. The third kappa shape index (κ3) is 4.56. The van der Waals surface area contributed by atoms with Gasteiger partial charge in [0.05, 0.1) is 18.3 Å². The molecule has 0 amide bonds. The molecule has 1 aliphatic rings. The monoisotopic (exact) mass is 488 g/mol. The SMILES string of the molecule is O=c1[nH]c2cc3c(cc2cc1CN(Cc1ccc(F)cc1)Cc1nnnn1Cc1ccco1)OCO3. The zero-order chi connectivity index (χ0) is 24.5. The molecule has 10 nitrogen and oxygen atoms in total. The first-order chi connectivity index (χ1) is 17.6. The highest BCUT2D eigenvalue weighted by Gasteiger charge is 2.19. The fourth-order valence-electron chi connectivity index (χ4n) is 4.22. The van der Waals surface area contributed by atoms with Crippen molar-refractivity contribution in [2.24, 2.45) is 0 Å². The Morgan fingerprint density at radius 3 is 2.67 bits per heavy atom. The minimum atomic E-state index is -0.308. The van der Waals surface area contributed by atoms with E-state index in [4.69, 9.17) is 13.9 Å². The summed E-state index contributed by atoms with van der Waals surface area (Å²) in [6.45, 7) is 1.64. The van der Waals surface area contributed by atoms with E-state index in [0.29, 0.717) is 54.6 Å². The highest BCUT2D eigenvalue weighted by Crippen LogP contribution is 2.35. The van der Waals surface area contributed by atoms with Gasteiger partial charge in [-0.1, -0.05) is 12.1 Å². The number of ether oxygens (including phenoxy) is 2. The number of H-pyrrole nitrogens is 1. The number of nitrogens with one attached hydrogen (secondary N) is 1. The van der Waals surface area contributed by atoms with Crippen LogP contribution in [-0.2, 0) is 26.2 Å². The van der Waals surface area contributed by atoms with Crippen LogP contribution < -0.4 is 15.0 Å². The fourth-order valence-corrected chi connectivity index (χ4v) is 4.22. The number of benzene rings is 2. The molecule has 36 heavy (non-hydrogen) atoms. The van der Waals surface area contributed by atoms with E-state index >= 15 is 0 Å². The Kier molecular flexibility index (Phi) is 5.66. The third-order valence-electron chi connectivity index (χ3n) is 5.98. The summed E-state index contributed by atoms with van der Waals surface area (Å²) in [5, 5.41) is 12.9. The van der Waals surface area contributed by atoms with Gasteiger partial charge in [0.15, 0.2) is 17.3 Å². The minimum absolute atomic E-state index is 0.154. The second-order valence-corrected chi connectivity index (χ2v) is 8.52. The lowest BCUT2D eigenvalue weighted by molar-refractivity contribution is 0.174. The Morgan fingerprint density at radius 1 is 1.03 bits per heavy atom. The molecule has 0 saturated heterocycles. The Bertz CT molecular complexity index is 1560. The Labute approximate surface area is 203 Å². The topological polar surface area (TPSA) is 111 Å². The van der Waals surface area contributed by atoms with Gasteiger partial charge in [-0.2, -0.15) is 0 Å². The lowest BCUT2D eigenvalue weighted by Crippen LogP contribution is -2.28. The van der Waals surface area contributed by atoms with Crippen LogP contribution in [0.4, 0.5) is 4.39 Å². The molecule has 0 aliphatic carbocycles. The lowest BCUT2D eigenvalue weighted by Gasteiger charge is -2.22. The Morgan fingerprint density at radius 2 is 1.86 bits per heavy atom. The third-order valence-corrected chi connectivity index (χ3v) is 5.98. The number of tetrazole rings is 1. The van der Waals surface area contributed by atoms with Crippen LogP contribution in [0.5, 0.6) is 11.5 Å². The van der Waals surface area contributed by atoms with Crippen LogP contribution in [0.3, 0.4) is 0 Å². The van der Waals surface area contributed by atoms with Crippen molar-refractivity contribution in [2.75, 3.05) is 6.79 Å². The smallest absolute Gasteiger partial charge is 0.252 e. The molecule has 0 unspecified atom stereocenters. The summed E-state index contributed by atoms with van der Waals surface area (Å²) in [5.74, 6) is 2.26. The maximum absolute atomic E-state index is 13.5. The van der Waals surface area contributed by atoms with E-state index < -0.39 is 0 Å². The summed E-state index contributed by atoms with van der Waals surface area (Å²) in [4.78, 5) is 18.0.